The van der Waals surface area contributed by atoms with Gasteiger partial charge in [-0.1, -0.05) is 66.7 Å². The predicted octanol–water partition coefficient (Wildman–Crippen LogP) is 5.66. The lowest BCUT2D eigenvalue weighted by atomic mass is 10.2. The first kappa shape index (κ1) is 22.4. The number of aromatic nitrogens is 4. The second-order valence-electron chi connectivity index (χ2n) is 7.89. The third-order valence-corrected chi connectivity index (χ3v) is 8.69. The third-order valence-electron chi connectivity index (χ3n) is 5.60. The molecule has 0 bridgehead atoms. The Bertz CT molecular complexity index is 1180. The maximum atomic E-state index is 12.8. The molecule has 6 nitrogen and oxygen atoms in total. The number of carbonyl (C=O) groups is 1. The molecule has 0 saturated carbocycles. The first-order chi connectivity index (χ1) is 16.3. The average molecular weight is 496 g/mol. The monoisotopic (exact) mass is 495 g/mol. The highest BCUT2D eigenvalue weighted by Gasteiger charge is 2.20. The number of hydrogen-bond acceptors (Lipinski definition) is 7. The van der Waals surface area contributed by atoms with Gasteiger partial charge >= 0.3 is 0 Å². The maximum Gasteiger partial charge on any atom is 0.233 e. The molecular formula is C24H25N5OS3. The van der Waals surface area contributed by atoms with E-state index in [1.165, 1.54) is 29.3 Å². The van der Waals surface area contributed by atoms with Crippen LogP contribution in [0, 0.1) is 0 Å². The van der Waals surface area contributed by atoms with Crippen molar-refractivity contribution in [2.45, 2.75) is 40.9 Å². The highest BCUT2D eigenvalue weighted by Crippen LogP contribution is 2.32. The molecule has 1 aliphatic heterocycles. The van der Waals surface area contributed by atoms with Crippen molar-refractivity contribution in [3.05, 3.63) is 60.4 Å². The van der Waals surface area contributed by atoms with Crippen molar-refractivity contribution in [1.82, 2.24) is 24.6 Å². The fourth-order valence-electron chi connectivity index (χ4n) is 3.90. The summed E-state index contributed by atoms with van der Waals surface area (Å²) in [5.74, 6) is 2.09. The number of hydrogen-bond donors (Lipinski definition) is 0. The lowest BCUT2D eigenvalue weighted by molar-refractivity contribution is -0.128. The summed E-state index contributed by atoms with van der Waals surface area (Å²) in [5.41, 5.74) is 2.03. The van der Waals surface area contributed by atoms with E-state index in [9.17, 15) is 4.79 Å². The lowest BCUT2D eigenvalue weighted by Gasteiger charge is -2.20. The Hall–Kier alpha value is -2.36. The number of benzene rings is 2. The van der Waals surface area contributed by atoms with Crippen LogP contribution in [0.25, 0.3) is 15.9 Å². The third kappa shape index (κ3) is 5.42. The molecule has 9 heteroatoms. The molecule has 0 atom stereocenters. The normalized spacial score (nSPS) is 14.5. The highest BCUT2D eigenvalue weighted by molar-refractivity contribution is 8.00. The van der Waals surface area contributed by atoms with Crippen LogP contribution in [0.5, 0.6) is 0 Å². The SMILES string of the molecule is O=C(CSc1nnc(CSc2nc3ccccc3s2)n1-c1ccccc1)N1CCCCCC1. The van der Waals surface area contributed by atoms with Crippen LogP contribution >= 0.6 is 34.9 Å². The molecule has 0 unspecified atom stereocenters. The smallest absolute Gasteiger partial charge is 0.233 e. The van der Waals surface area contributed by atoms with Crippen molar-refractivity contribution < 1.29 is 4.79 Å². The van der Waals surface area contributed by atoms with Gasteiger partial charge in [-0.25, -0.2) is 4.98 Å². The molecule has 0 N–H and O–H groups in total. The van der Waals surface area contributed by atoms with Crippen molar-refractivity contribution >= 4 is 51.0 Å². The Kier molecular flexibility index (Phi) is 7.28. The Morgan fingerprint density at radius 1 is 0.909 bits per heavy atom. The molecule has 4 aromatic rings. The lowest BCUT2D eigenvalue weighted by Crippen LogP contribution is -2.33. The zero-order valence-corrected chi connectivity index (χ0v) is 20.7. The van der Waals surface area contributed by atoms with Gasteiger partial charge in [0.15, 0.2) is 9.50 Å². The number of rotatable bonds is 7. The maximum absolute atomic E-state index is 12.8. The molecule has 33 heavy (non-hydrogen) atoms. The average Bonchev–Trinajstić information content (AvgIpc) is 3.35. The molecule has 1 amide bonds. The second-order valence-corrected chi connectivity index (χ2v) is 11.1. The summed E-state index contributed by atoms with van der Waals surface area (Å²) in [6.45, 7) is 1.74. The van der Waals surface area contributed by atoms with E-state index in [4.69, 9.17) is 4.98 Å². The van der Waals surface area contributed by atoms with Crippen LogP contribution in [0.2, 0.25) is 0 Å². The Balaban J connectivity index is 1.33. The van der Waals surface area contributed by atoms with Crippen LogP contribution < -0.4 is 0 Å². The second kappa shape index (κ2) is 10.7. The standard InChI is InChI=1S/C24H25N5OS3/c30-22(28-14-8-1-2-9-15-28)17-31-23-27-26-21(29(23)18-10-4-3-5-11-18)16-32-24-25-19-12-6-7-13-20(19)33-24/h3-7,10-13H,1-2,8-9,14-17H2. The van der Waals surface area contributed by atoms with Gasteiger partial charge in [-0.2, -0.15) is 0 Å². The largest absolute Gasteiger partial charge is 0.342 e. The van der Waals surface area contributed by atoms with Crippen LogP contribution in [0.15, 0.2) is 64.1 Å². The number of fused-ring (bicyclic) bond motifs is 1. The van der Waals surface area contributed by atoms with E-state index < -0.39 is 0 Å². The number of carbonyl (C=O) groups excluding carboxylic acids is 1. The number of nitrogens with zero attached hydrogens (tertiary/aromatic N) is 5. The predicted molar refractivity (Wildman–Crippen MR) is 136 cm³/mol. The number of para-hydroxylation sites is 2. The van der Waals surface area contributed by atoms with Gasteiger partial charge in [0.1, 0.15) is 5.82 Å². The molecule has 1 aliphatic rings. The van der Waals surface area contributed by atoms with E-state index in [2.05, 4.69) is 33.0 Å². The van der Waals surface area contributed by atoms with E-state index in [1.807, 2.05) is 41.3 Å². The summed E-state index contributed by atoms with van der Waals surface area (Å²) in [4.78, 5) is 19.5. The van der Waals surface area contributed by atoms with E-state index in [1.54, 1.807) is 23.1 Å². The summed E-state index contributed by atoms with van der Waals surface area (Å²) in [5, 5.41) is 9.70. The van der Waals surface area contributed by atoms with E-state index in [0.29, 0.717) is 11.5 Å². The molecule has 3 heterocycles. The van der Waals surface area contributed by atoms with Gasteiger partial charge < -0.3 is 4.90 Å². The molecule has 2 aromatic carbocycles. The van der Waals surface area contributed by atoms with Crippen molar-refractivity contribution in [3.63, 3.8) is 0 Å². The van der Waals surface area contributed by atoms with Gasteiger partial charge in [0.05, 0.1) is 21.7 Å². The zero-order valence-electron chi connectivity index (χ0n) is 18.2. The van der Waals surface area contributed by atoms with E-state index in [0.717, 1.165) is 52.5 Å². The zero-order chi connectivity index (χ0) is 22.5. The van der Waals surface area contributed by atoms with Gasteiger partial charge in [0, 0.05) is 18.8 Å². The first-order valence-electron chi connectivity index (χ1n) is 11.2. The summed E-state index contributed by atoms with van der Waals surface area (Å²) in [6.07, 6.45) is 4.64. The number of thioether (sulfide) groups is 2. The summed E-state index contributed by atoms with van der Waals surface area (Å²) in [7, 11) is 0. The molecule has 0 spiro atoms. The Morgan fingerprint density at radius 2 is 1.67 bits per heavy atom. The number of likely N-dealkylation sites (tertiary alicyclic amines) is 1. The molecular weight excluding hydrogens is 470 g/mol. The van der Waals surface area contributed by atoms with Gasteiger partial charge in [-0.05, 0) is 37.1 Å². The minimum atomic E-state index is 0.190. The number of amides is 1. The summed E-state index contributed by atoms with van der Waals surface area (Å²) < 4.78 is 4.28. The van der Waals surface area contributed by atoms with E-state index in [-0.39, 0.29) is 5.91 Å². The highest BCUT2D eigenvalue weighted by atomic mass is 32.2. The van der Waals surface area contributed by atoms with Crippen molar-refractivity contribution in [1.29, 1.82) is 0 Å². The van der Waals surface area contributed by atoms with Crippen molar-refractivity contribution in [3.8, 4) is 5.69 Å². The molecule has 1 fully saturated rings. The van der Waals surface area contributed by atoms with Crippen LogP contribution in [-0.4, -0.2) is 49.4 Å². The van der Waals surface area contributed by atoms with Gasteiger partial charge in [-0.3, -0.25) is 9.36 Å². The van der Waals surface area contributed by atoms with Crippen molar-refractivity contribution in [2.75, 3.05) is 18.8 Å². The molecule has 1 saturated heterocycles. The van der Waals surface area contributed by atoms with Gasteiger partial charge in [0.25, 0.3) is 0 Å². The Labute approximate surface area is 205 Å². The molecule has 5 rings (SSSR count). The first-order valence-corrected chi connectivity index (χ1v) is 14.0. The van der Waals surface area contributed by atoms with Crippen LogP contribution in [0.3, 0.4) is 0 Å². The minimum Gasteiger partial charge on any atom is -0.342 e. The fourth-order valence-corrected chi connectivity index (χ4v) is 6.76. The van der Waals surface area contributed by atoms with Crippen molar-refractivity contribution in [2.24, 2.45) is 0 Å². The quantitative estimate of drug-likeness (QED) is 0.308. The molecule has 170 valence electrons. The van der Waals surface area contributed by atoms with Crippen LogP contribution in [0.4, 0.5) is 0 Å². The van der Waals surface area contributed by atoms with Gasteiger partial charge in [0.2, 0.25) is 5.91 Å². The molecule has 0 aliphatic carbocycles. The Morgan fingerprint density at radius 3 is 2.45 bits per heavy atom. The summed E-state index contributed by atoms with van der Waals surface area (Å²) >= 11 is 4.84. The summed E-state index contributed by atoms with van der Waals surface area (Å²) in [6, 6.07) is 18.3. The van der Waals surface area contributed by atoms with Gasteiger partial charge in [-0.15, -0.1) is 21.5 Å². The molecule has 0 radical (unpaired) electrons. The minimum absolute atomic E-state index is 0.190. The van der Waals surface area contributed by atoms with E-state index >= 15 is 0 Å². The van der Waals surface area contributed by atoms with Crippen LogP contribution in [0.1, 0.15) is 31.5 Å². The van der Waals surface area contributed by atoms with Crippen LogP contribution in [-0.2, 0) is 10.5 Å². The topological polar surface area (TPSA) is 63.9 Å². The molecule has 2 aromatic heterocycles. The fraction of sp³-hybridized carbons (Fsp3) is 0.333. The number of thiazole rings is 1.